The van der Waals surface area contributed by atoms with Crippen molar-refractivity contribution in [3.05, 3.63) is 75.8 Å². The maximum absolute atomic E-state index is 14.0. The molecule has 4 rings (SSSR count). The summed E-state index contributed by atoms with van der Waals surface area (Å²) in [6, 6.07) is 10.3. The first kappa shape index (κ1) is 21.6. The molecule has 0 spiro atoms. The van der Waals surface area contributed by atoms with Crippen LogP contribution in [0.4, 0.5) is 26.4 Å². The molecule has 166 valence electrons. The summed E-state index contributed by atoms with van der Waals surface area (Å²) >= 11 is 0. The van der Waals surface area contributed by atoms with E-state index in [-0.39, 0.29) is 45.6 Å². The predicted octanol–water partition coefficient (Wildman–Crippen LogP) is 3.05. The molecule has 0 radical (unpaired) electrons. The highest BCUT2D eigenvalue weighted by Gasteiger charge is 2.23. The number of nitrogens with one attached hydrogen (secondary N) is 1. The lowest BCUT2D eigenvalue weighted by molar-refractivity contribution is 0.620. The van der Waals surface area contributed by atoms with Gasteiger partial charge in [0, 0.05) is 0 Å². The van der Waals surface area contributed by atoms with E-state index < -0.39 is 23.2 Å². The number of nitrogens with two attached hydrogens (primary N) is 2. The van der Waals surface area contributed by atoms with Crippen molar-refractivity contribution in [3.8, 4) is 11.8 Å². The molecule has 0 unspecified atom stereocenters. The Balaban J connectivity index is 1.97. The lowest BCUT2D eigenvalue weighted by atomic mass is 10.1. The molecular formula is C22H18F2N8O. The Kier molecular flexibility index (Phi) is 5.58. The van der Waals surface area contributed by atoms with Crippen molar-refractivity contribution in [2.45, 2.75) is 19.4 Å². The highest BCUT2D eigenvalue weighted by molar-refractivity contribution is 5.78. The van der Waals surface area contributed by atoms with E-state index in [9.17, 15) is 18.8 Å². The molecular weight excluding hydrogens is 430 g/mol. The quantitative estimate of drug-likeness (QED) is 0.422. The summed E-state index contributed by atoms with van der Waals surface area (Å²) in [5.74, 6) is -1.15. The Morgan fingerprint density at radius 1 is 1.12 bits per heavy atom. The van der Waals surface area contributed by atoms with Crippen molar-refractivity contribution >= 4 is 28.5 Å². The van der Waals surface area contributed by atoms with Crippen LogP contribution in [-0.2, 0) is 0 Å². The van der Waals surface area contributed by atoms with Crippen LogP contribution < -0.4 is 22.3 Å². The van der Waals surface area contributed by atoms with Gasteiger partial charge in [0.1, 0.15) is 34.9 Å². The van der Waals surface area contributed by atoms with Gasteiger partial charge in [0.05, 0.1) is 22.6 Å². The molecule has 2 aromatic carbocycles. The number of benzene rings is 2. The molecule has 5 N–H and O–H groups in total. The summed E-state index contributed by atoms with van der Waals surface area (Å²) in [6.07, 6.45) is 0.378. The predicted molar refractivity (Wildman–Crippen MR) is 119 cm³/mol. The molecule has 0 bridgehead atoms. The van der Waals surface area contributed by atoms with Gasteiger partial charge in [-0.2, -0.15) is 15.2 Å². The molecule has 9 nitrogen and oxygen atoms in total. The second-order valence-electron chi connectivity index (χ2n) is 7.16. The normalized spacial score (nSPS) is 11.8. The second kappa shape index (κ2) is 8.51. The first-order chi connectivity index (χ1) is 15.8. The van der Waals surface area contributed by atoms with Crippen LogP contribution in [0.5, 0.6) is 0 Å². The summed E-state index contributed by atoms with van der Waals surface area (Å²) in [5.41, 5.74) is 11.3. The number of nitriles is 1. The molecule has 0 amide bonds. The summed E-state index contributed by atoms with van der Waals surface area (Å²) < 4.78 is 29.1. The molecule has 0 saturated carbocycles. The van der Waals surface area contributed by atoms with Gasteiger partial charge in [-0.3, -0.25) is 9.36 Å². The molecule has 2 heterocycles. The Morgan fingerprint density at radius 3 is 2.58 bits per heavy atom. The van der Waals surface area contributed by atoms with Crippen LogP contribution in [0.2, 0.25) is 0 Å². The van der Waals surface area contributed by atoms with E-state index in [2.05, 4.69) is 20.3 Å². The molecule has 0 aliphatic rings. The Morgan fingerprint density at radius 2 is 1.88 bits per heavy atom. The standard InChI is InChI=1S/C22H18F2N8O/c1-2-16(28-19-15(10-25)18(26)30-22(27)31-19)20-29-17-7-6-12(24)9-14(17)21(33)32(20)13-5-3-4-11(23)8-13/h3-9,16H,2H2,1H3,(H5,26,27,28,30,31)/t16-/m0/s1. The number of anilines is 3. The average Bonchev–Trinajstić information content (AvgIpc) is 2.77. The average molecular weight is 448 g/mol. The second-order valence-corrected chi connectivity index (χ2v) is 7.16. The van der Waals surface area contributed by atoms with Gasteiger partial charge >= 0.3 is 0 Å². The van der Waals surface area contributed by atoms with Crippen molar-refractivity contribution in [1.29, 1.82) is 5.26 Å². The zero-order chi connectivity index (χ0) is 23.7. The van der Waals surface area contributed by atoms with E-state index in [1.807, 2.05) is 13.0 Å². The van der Waals surface area contributed by atoms with E-state index >= 15 is 0 Å². The molecule has 0 saturated heterocycles. The summed E-state index contributed by atoms with van der Waals surface area (Å²) in [7, 11) is 0. The first-order valence-electron chi connectivity index (χ1n) is 9.90. The van der Waals surface area contributed by atoms with Crippen molar-refractivity contribution in [3.63, 3.8) is 0 Å². The van der Waals surface area contributed by atoms with Crippen LogP contribution in [0.15, 0.2) is 47.3 Å². The third-order valence-electron chi connectivity index (χ3n) is 5.02. The van der Waals surface area contributed by atoms with E-state index in [0.29, 0.717) is 6.42 Å². The van der Waals surface area contributed by atoms with Crippen LogP contribution in [0.3, 0.4) is 0 Å². The van der Waals surface area contributed by atoms with Gasteiger partial charge in [-0.05, 0) is 42.8 Å². The van der Waals surface area contributed by atoms with Crippen LogP contribution in [0.25, 0.3) is 16.6 Å². The maximum Gasteiger partial charge on any atom is 0.266 e. The fraction of sp³-hybridized carbons (Fsp3) is 0.136. The van der Waals surface area contributed by atoms with Crippen molar-refractivity contribution in [2.75, 3.05) is 16.8 Å². The number of nitrogens with zero attached hydrogens (tertiary/aromatic N) is 5. The number of fused-ring (bicyclic) bond motifs is 1. The SMILES string of the molecule is CC[C@H](Nc1nc(N)nc(N)c1C#N)c1nc2ccc(F)cc2c(=O)n1-c1cccc(F)c1. The fourth-order valence-electron chi connectivity index (χ4n) is 3.50. The largest absolute Gasteiger partial charge is 0.382 e. The zero-order valence-electron chi connectivity index (χ0n) is 17.4. The number of halogens is 2. The third kappa shape index (κ3) is 4.01. The number of hydrogen-bond donors (Lipinski definition) is 3. The lowest BCUT2D eigenvalue weighted by Crippen LogP contribution is -2.28. The fourth-order valence-corrected chi connectivity index (χ4v) is 3.50. The number of nitrogen functional groups attached to an aromatic ring is 2. The molecule has 2 aromatic heterocycles. The van der Waals surface area contributed by atoms with Crippen molar-refractivity contribution in [2.24, 2.45) is 0 Å². The Bertz CT molecular complexity index is 1480. The molecule has 0 aliphatic heterocycles. The monoisotopic (exact) mass is 448 g/mol. The van der Waals surface area contributed by atoms with E-state index in [1.165, 1.54) is 41.0 Å². The van der Waals surface area contributed by atoms with Gasteiger partial charge < -0.3 is 16.8 Å². The smallest absolute Gasteiger partial charge is 0.266 e. The number of rotatable bonds is 5. The summed E-state index contributed by atoms with van der Waals surface area (Å²) in [6.45, 7) is 1.81. The van der Waals surface area contributed by atoms with E-state index in [1.54, 1.807) is 0 Å². The van der Waals surface area contributed by atoms with Crippen molar-refractivity contribution < 1.29 is 8.78 Å². The van der Waals surface area contributed by atoms with Gasteiger partial charge in [0.15, 0.2) is 5.82 Å². The minimum atomic E-state index is -0.684. The molecule has 33 heavy (non-hydrogen) atoms. The van der Waals surface area contributed by atoms with Crippen LogP contribution in [0, 0.1) is 23.0 Å². The summed E-state index contributed by atoms with van der Waals surface area (Å²) in [5, 5.41) is 12.6. The minimum Gasteiger partial charge on any atom is -0.382 e. The van der Waals surface area contributed by atoms with Gasteiger partial charge in [-0.25, -0.2) is 13.8 Å². The molecule has 4 aromatic rings. The van der Waals surface area contributed by atoms with E-state index in [0.717, 1.165) is 6.07 Å². The van der Waals surface area contributed by atoms with E-state index in [4.69, 9.17) is 11.5 Å². The van der Waals surface area contributed by atoms with Crippen molar-refractivity contribution in [1.82, 2.24) is 19.5 Å². The summed E-state index contributed by atoms with van der Waals surface area (Å²) in [4.78, 5) is 25.8. The maximum atomic E-state index is 14.0. The molecule has 0 fully saturated rings. The van der Waals surface area contributed by atoms with Gasteiger partial charge in [0.2, 0.25) is 5.95 Å². The highest BCUT2D eigenvalue weighted by Crippen LogP contribution is 2.27. The zero-order valence-corrected chi connectivity index (χ0v) is 17.4. The van der Waals surface area contributed by atoms with Gasteiger partial charge in [0.25, 0.3) is 5.56 Å². The number of hydrogen-bond acceptors (Lipinski definition) is 8. The topological polar surface area (TPSA) is 149 Å². The van der Waals surface area contributed by atoms with Gasteiger partial charge in [-0.1, -0.05) is 13.0 Å². The Labute approximate surface area is 186 Å². The molecule has 11 heteroatoms. The van der Waals surface area contributed by atoms with Crippen LogP contribution in [-0.4, -0.2) is 19.5 Å². The first-order valence-corrected chi connectivity index (χ1v) is 9.90. The molecule has 1 atom stereocenters. The Hall–Kier alpha value is -4.59. The third-order valence-corrected chi connectivity index (χ3v) is 5.02. The molecule has 0 aliphatic carbocycles. The number of aromatic nitrogens is 4. The van der Waals surface area contributed by atoms with Gasteiger partial charge in [-0.15, -0.1) is 0 Å². The van der Waals surface area contributed by atoms with Crippen LogP contribution >= 0.6 is 0 Å². The highest BCUT2D eigenvalue weighted by atomic mass is 19.1. The lowest BCUT2D eigenvalue weighted by Gasteiger charge is -2.22. The van der Waals surface area contributed by atoms with Crippen LogP contribution in [0.1, 0.15) is 30.8 Å². The minimum absolute atomic E-state index is 0.0230.